The maximum Gasteiger partial charge on any atom is 0.265 e. The molecule has 31 heavy (non-hydrogen) atoms. The smallest absolute Gasteiger partial charge is 0.265 e. The van der Waals surface area contributed by atoms with Gasteiger partial charge in [0.1, 0.15) is 11.6 Å². The molecule has 0 saturated heterocycles. The summed E-state index contributed by atoms with van der Waals surface area (Å²) in [6, 6.07) is 22.0. The van der Waals surface area contributed by atoms with E-state index in [0.29, 0.717) is 34.6 Å². The van der Waals surface area contributed by atoms with Crippen LogP contribution in [0, 0.1) is 6.92 Å². The van der Waals surface area contributed by atoms with Gasteiger partial charge in [-0.3, -0.25) is 14.2 Å². The fraction of sp³-hybridized carbons (Fsp3) is 0.160. The molecule has 1 atom stereocenters. The number of hydrogen-bond donors (Lipinski definition) is 1. The molecule has 0 unspecified atom stereocenters. The molecule has 0 spiro atoms. The quantitative estimate of drug-likeness (QED) is 0.554. The Morgan fingerprint density at radius 1 is 1.03 bits per heavy atom. The van der Waals surface area contributed by atoms with E-state index in [9.17, 15) is 9.59 Å². The lowest BCUT2D eigenvalue weighted by molar-refractivity contribution is 0.0925. The number of para-hydroxylation sites is 2. The standard InChI is InChI=1S/C25H21N3O3/c1-16-26-21-8-4-2-7-20(21)25(30)28(16)18-12-10-17(11-13-18)24(29)27-22-14-15-31-23-9-5-3-6-19(22)23/h2-13,22H,14-15H2,1H3,(H,27,29)/t22-/m0/s1. The van der Waals surface area contributed by atoms with Gasteiger partial charge in [0.25, 0.3) is 11.5 Å². The van der Waals surface area contributed by atoms with Crippen molar-refractivity contribution in [1.29, 1.82) is 0 Å². The van der Waals surface area contributed by atoms with Gasteiger partial charge in [0.05, 0.1) is 29.2 Å². The summed E-state index contributed by atoms with van der Waals surface area (Å²) in [6.07, 6.45) is 0.720. The van der Waals surface area contributed by atoms with Crippen molar-refractivity contribution in [3.8, 4) is 11.4 Å². The van der Waals surface area contributed by atoms with Gasteiger partial charge in [-0.05, 0) is 49.4 Å². The molecule has 3 aromatic carbocycles. The van der Waals surface area contributed by atoms with Crippen LogP contribution in [0.3, 0.4) is 0 Å². The van der Waals surface area contributed by atoms with Crippen molar-refractivity contribution in [1.82, 2.24) is 14.9 Å². The number of aryl methyl sites for hydroxylation is 1. The van der Waals surface area contributed by atoms with E-state index in [-0.39, 0.29) is 17.5 Å². The van der Waals surface area contributed by atoms with Gasteiger partial charge in [-0.25, -0.2) is 4.98 Å². The van der Waals surface area contributed by atoms with Crippen molar-refractivity contribution >= 4 is 16.8 Å². The second-order valence-electron chi connectivity index (χ2n) is 7.56. The van der Waals surface area contributed by atoms with E-state index in [4.69, 9.17) is 4.74 Å². The van der Waals surface area contributed by atoms with Crippen LogP contribution in [-0.2, 0) is 0 Å². The molecular formula is C25H21N3O3. The number of nitrogens with zero attached hydrogens (tertiary/aromatic N) is 2. The highest BCUT2D eigenvalue weighted by molar-refractivity contribution is 5.94. The van der Waals surface area contributed by atoms with Gasteiger partial charge in [-0.15, -0.1) is 0 Å². The van der Waals surface area contributed by atoms with Crippen molar-refractivity contribution in [2.75, 3.05) is 6.61 Å². The maximum atomic E-state index is 13.0. The summed E-state index contributed by atoms with van der Waals surface area (Å²) in [5.41, 5.74) is 2.75. The first-order chi connectivity index (χ1) is 15.1. The molecule has 6 heteroatoms. The first-order valence-electron chi connectivity index (χ1n) is 10.2. The molecule has 1 amide bonds. The van der Waals surface area contributed by atoms with Crippen molar-refractivity contribution in [2.45, 2.75) is 19.4 Å². The van der Waals surface area contributed by atoms with Gasteiger partial charge >= 0.3 is 0 Å². The summed E-state index contributed by atoms with van der Waals surface area (Å²) in [5, 5.41) is 3.66. The minimum atomic E-state index is -0.158. The number of benzene rings is 3. The minimum Gasteiger partial charge on any atom is -0.493 e. The van der Waals surface area contributed by atoms with E-state index in [0.717, 1.165) is 17.7 Å². The molecular weight excluding hydrogens is 390 g/mol. The number of fused-ring (bicyclic) bond motifs is 2. The molecule has 0 saturated carbocycles. The lowest BCUT2D eigenvalue weighted by Gasteiger charge is -2.26. The normalized spacial score (nSPS) is 15.2. The van der Waals surface area contributed by atoms with Crippen LogP contribution in [-0.4, -0.2) is 22.1 Å². The van der Waals surface area contributed by atoms with Crippen LogP contribution in [0.25, 0.3) is 16.6 Å². The van der Waals surface area contributed by atoms with Crippen LogP contribution in [0.2, 0.25) is 0 Å². The fourth-order valence-corrected chi connectivity index (χ4v) is 4.04. The number of aromatic nitrogens is 2. The summed E-state index contributed by atoms with van der Waals surface area (Å²) in [4.78, 5) is 30.4. The Bertz CT molecular complexity index is 1340. The van der Waals surface area contributed by atoms with Crippen LogP contribution in [0.5, 0.6) is 5.75 Å². The first-order valence-corrected chi connectivity index (χ1v) is 10.2. The van der Waals surface area contributed by atoms with E-state index < -0.39 is 0 Å². The number of ether oxygens (including phenoxy) is 1. The van der Waals surface area contributed by atoms with Gasteiger partial charge in [-0.1, -0.05) is 30.3 Å². The molecule has 1 aromatic heterocycles. The van der Waals surface area contributed by atoms with Crippen molar-refractivity contribution in [3.63, 3.8) is 0 Å². The molecule has 1 N–H and O–H groups in total. The number of hydrogen-bond acceptors (Lipinski definition) is 4. The number of rotatable bonds is 3. The van der Waals surface area contributed by atoms with E-state index in [1.807, 2.05) is 42.5 Å². The molecule has 0 fully saturated rings. The highest BCUT2D eigenvalue weighted by Gasteiger charge is 2.23. The Hall–Kier alpha value is -3.93. The van der Waals surface area contributed by atoms with Crippen LogP contribution < -0.4 is 15.6 Å². The SMILES string of the molecule is Cc1nc2ccccc2c(=O)n1-c1ccc(C(=O)N[C@H]2CCOc3ccccc32)cc1. The predicted molar refractivity (Wildman–Crippen MR) is 119 cm³/mol. The third-order valence-corrected chi connectivity index (χ3v) is 5.59. The molecule has 0 aliphatic carbocycles. The van der Waals surface area contributed by atoms with Gasteiger partial charge in [0.2, 0.25) is 0 Å². The average molecular weight is 411 g/mol. The van der Waals surface area contributed by atoms with Crippen molar-refractivity contribution in [3.05, 3.63) is 100 Å². The van der Waals surface area contributed by atoms with E-state index >= 15 is 0 Å². The second-order valence-corrected chi connectivity index (χ2v) is 7.56. The predicted octanol–water partition coefficient (Wildman–Crippen LogP) is 3.95. The number of amides is 1. The van der Waals surface area contributed by atoms with Crippen molar-refractivity contribution < 1.29 is 9.53 Å². The number of nitrogens with one attached hydrogen (secondary N) is 1. The Labute approximate surface area is 179 Å². The molecule has 0 radical (unpaired) electrons. The molecule has 1 aliphatic rings. The molecule has 4 aromatic rings. The zero-order valence-electron chi connectivity index (χ0n) is 17.0. The Kier molecular flexibility index (Phi) is 4.75. The van der Waals surface area contributed by atoms with E-state index in [1.54, 1.807) is 41.8 Å². The molecule has 6 nitrogen and oxygen atoms in total. The summed E-state index contributed by atoms with van der Waals surface area (Å²) >= 11 is 0. The summed E-state index contributed by atoms with van der Waals surface area (Å²) in [7, 11) is 0. The molecule has 154 valence electrons. The van der Waals surface area contributed by atoms with Gasteiger partial charge in [0.15, 0.2) is 0 Å². The third kappa shape index (κ3) is 3.46. The summed E-state index contributed by atoms with van der Waals surface area (Å²) in [5.74, 6) is 1.25. The lowest BCUT2D eigenvalue weighted by Crippen LogP contribution is -2.32. The molecule has 2 heterocycles. The van der Waals surface area contributed by atoms with Crippen LogP contribution >= 0.6 is 0 Å². The van der Waals surface area contributed by atoms with Crippen LogP contribution in [0.1, 0.15) is 34.2 Å². The number of carbonyl (C=O) groups excluding carboxylic acids is 1. The monoisotopic (exact) mass is 411 g/mol. The molecule has 5 rings (SSSR count). The Balaban J connectivity index is 1.42. The summed E-state index contributed by atoms with van der Waals surface area (Å²) in [6.45, 7) is 2.37. The fourth-order valence-electron chi connectivity index (χ4n) is 4.04. The lowest BCUT2D eigenvalue weighted by atomic mass is 10.00. The first kappa shape index (κ1) is 19.1. The molecule has 1 aliphatic heterocycles. The van der Waals surface area contributed by atoms with E-state index in [2.05, 4.69) is 10.3 Å². The highest BCUT2D eigenvalue weighted by Crippen LogP contribution is 2.31. The summed E-state index contributed by atoms with van der Waals surface area (Å²) < 4.78 is 7.24. The maximum absolute atomic E-state index is 13.0. The third-order valence-electron chi connectivity index (χ3n) is 5.59. The topological polar surface area (TPSA) is 73.2 Å². The zero-order chi connectivity index (χ0) is 21.4. The van der Waals surface area contributed by atoms with Crippen molar-refractivity contribution in [2.24, 2.45) is 0 Å². The Morgan fingerprint density at radius 3 is 2.61 bits per heavy atom. The van der Waals surface area contributed by atoms with E-state index in [1.165, 1.54) is 0 Å². The van der Waals surface area contributed by atoms with Crippen LogP contribution in [0.15, 0.2) is 77.6 Å². The number of carbonyl (C=O) groups is 1. The van der Waals surface area contributed by atoms with Gasteiger partial charge in [0, 0.05) is 17.5 Å². The molecule has 0 bridgehead atoms. The van der Waals surface area contributed by atoms with Gasteiger partial charge < -0.3 is 10.1 Å². The van der Waals surface area contributed by atoms with Gasteiger partial charge in [-0.2, -0.15) is 0 Å². The zero-order valence-corrected chi connectivity index (χ0v) is 17.0. The minimum absolute atomic E-state index is 0.0910. The van der Waals surface area contributed by atoms with Crippen LogP contribution in [0.4, 0.5) is 0 Å². The Morgan fingerprint density at radius 2 is 1.77 bits per heavy atom. The largest absolute Gasteiger partial charge is 0.493 e. The highest BCUT2D eigenvalue weighted by atomic mass is 16.5. The second kappa shape index (κ2) is 7.72. The average Bonchev–Trinajstić information content (AvgIpc) is 2.80.